The highest BCUT2D eigenvalue weighted by atomic mass is 16.5. The number of methoxy groups -OCH3 is 2. The molecule has 1 aliphatic rings. The van der Waals surface area contributed by atoms with Crippen LogP contribution >= 0.6 is 0 Å². The number of ether oxygens (including phenoxy) is 2. The molecule has 0 heterocycles. The lowest BCUT2D eigenvalue weighted by molar-refractivity contribution is 0.0393. The lowest BCUT2D eigenvalue weighted by Gasteiger charge is -2.41. The van der Waals surface area contributed by atoms with Gasteiger partial charge in [0.2, 0.25) is 0 Å². The predicted molar refractivity (Wildman–Crippen MR) is 65.6 cm³/mol. The molecular weight excluding hydrogens is 204 g/mol. The van der Waals surface area contributed by atoms with E-state index in [-0.39, 0.29) is 5.54 Å². The first-order valence-corrected chi connectivity index (χ1v) is 6.12. The van der Waals surface area contributed by atoms with Gasteiger partial charge in [0, 0.05) is 45.5 Å². The van der Waals surface area contributed by atoms with Crippen LogP contribution in [0.4, 0.5) is 0 Å². The summed E-state index contributed by atoms with van der Waals surface area (Å²) in [7, 11) is 3.49. The van der Waals surface area contributed by atoms with Gasteiger partial charge in [0.05, 0.1) is 6.61 Å². The Morgan fingerprint density at radius 1 is 1.25 bits per heavy atom. The third-order valence-corrected chi connectivity index (χ3v) is 3.50. The van der Waals surface area contributed by atoms with E-state index in [0.717, 1.165) is 26.2 Å². The second kappa shape index (κ2) is 6.55. The van der Waals surface area contributed by atoms with Crippen molar-refractivity contribution in [1.82, 2.24) is 4.90 Å². The van der Waals surface area contributed by atoms with Gasteiger partial charge in [-0.1, -0.05) is 0 Å². The van der Waals surface area contributed by atoms with Crippen LogP contribution < -0.4 is 5.73 Å². The smallest absolute Gasteiger partial charge is 0.0590 e. The summed E-state index contributed by atoms with van der Waals surface area (Å²) in [6, 6.07) is 0.709. The largest absolute Gasteiger partial charge is 0.385 e. The van der Waals surface area contributed by atoms with Crippen molar-refractivity contribution in [1.29, 1.82) is 0 Å². The highest BCUT2D eigenvalue weighted by molar-refractivity contribution is 4.96. The van der Waals surface area contributed by atoms with Crippen molar-refractivity contribution in [2.45, 2.75) is 37.8 Å². The maximum absolute atomic E-state index is 5.95. The third-order valence-electron chi connectivity index (χ3n) is 3.50. The van der Waals surface area contributed by atoms with Gasteiger partial charge in [-0.25, -0.2) is 0 Å². The Kier molecular flexibility index (Phi) is 5.69. The zero-order valence-electron chi connectivity index (χ0n) is 10.9. The van der Waals surface area contributed by atoms with Gasteiger partial charge < -0.3 is 15.2 Å². The second-order valence-electron chi connectivity index (χ2n) is 4.86. The standard InChI is InChI=1S/C12H26N2O2/c1-12(10-13,6-8-15-2)14(7-9-16-3)11-4-5-11/h11H,4-10,13H2,1-3H3. The summed E-state index contributed by atoms with van der Waals surface area (Å²) < 4.78 is 10.4. The van der Waals surface area contributed by atoms with Crippen LogP contribution in [0.3, 0.4) is 0 Å². The maximum atomic E-state index is 5.95. The van der Waals surface area contributed by atoms with E-state index >= 15 is 0 Å². The molecule has 0 aliphatic heterocycles. The second-order valence-corrected chi connectivity index (χ2v) is 4.86. The predicted octanol–water partition coefficient (Wildman–Crippen LogP) is 0.851. The number of nitrogens with zero attached hydrogens (tertiary/aromatic N) is 1. The molecule has 4 nitrogen and oxygen atoms in total. The van der Waals surface area contributed by atoms with Crippen molar-refractivity contribution >= 4 is 0 Å². The van der Waals surface area contributed by atoms with Gasteiger partial charge in [0.25, 0.3) is 0 Å². The fourth-order valence-corrected chi connectivity index (χ4v) is 2.15. The van der Waals surface area contributed by atoms with E-state index in [2.05, 4.69) is 11.8 Å². The summed E-state index contributed by atoms with van der Waals surface area (Å²) in [5.74, 6) is 0. The van der Waals surface area contributed by atoms with Crippen molar-refractivity contribution in [2.24, 2.45) is 5.73 Å². The zero-order valence-corrected chi connectivity index (χ0v) is 10.9. The average molecular weight is 230 g/mol. The highest BCUT2D eigenvalue weighted by Gasteiger charge is 2.39. The fourth-order valence-electron chi connectivity index (χ4n) is 2.15. The number of hydrogen-bond acceptors (Lipinski definition) is 4. The molecule has 1 unspecified atom stereocenters. The van der Waals surface area contributed by atoms with E-state index in [1.807, 2.05) is 0 Å². The van der Waals surface area contributed by atoms with E-state index in [4.69, 9.17) is 15.2 Å². The molecule has 96 valence electrons. The van der Waals surface area contributed by atoms with Crippen molar-refractivity contribution in [3.8, 4) is 0 Å². The number of rotatable bonds is 9. The molecular formula is C12H26N2O2. The van der Waals surface area contributed by atoms with Gasteiger partial charge in [-0.15, -0.1) is 0 Å². The summed E-state index contributed by atoms with van der Waals surface area (Å²) in [6.07, 6.45) is 3.58. The molecule has 0 aromatic carbocycles. The topological polar surface area (TPSA) is 47.7 Å². The number of nitrogens with two attached hydrogens (primary N) is 1. The van der Waals surface area contributed by atoms with Gasteiger partial charge >= 0.3 is 0 Å². The Morgan fingerprint density at radius 3 is 2.31 bits per heavy atom. The minimum absolute atomic E-state index is 0.0513. The van der Waals surface area contributed by atoms with Gasteiger partial charge in [-0.3, -0.25) is 4.90 Å². The van der Waals surface area contributed by atoms with Gasteiger partial charge in [-0.2, -0.15) is 0 Å². The van der Waals surface area contributed by atoms with Crippen LogP contribution in [0.1, 0.15) is 26.2 Å². The maximum Gasteiger partial charge on any atom is 0.0590 e. The molecule has 1 rings (SSSR count). The average Bonchev–Trinajstić information content (AvgIpc) is 3.11. The molecule has 1 saturated carbocycles. The Balaban J connectivity index is 2.55. The minimum atomic E-state index is 0.0513. The summed E-state index contributed by atoms with van der Waals surface area (Å²) in [6.45, 7) is 5.43. The number of hydrogen-bond donors (Lipinski definition) is 1. The lowest BCUT2D eigenvalue weighted by Crippen LogP contribution is -2.54. The first-order chi connectivity index (χ1) is 7.68. The molecule has 0 spiro atoms. The summed E-state index contributed by atoms with van der Waals surface area (Å²) in [5, 5.41) is 0. The van der Waals surface area contributed by atoms with Crippen molar-refractivity contribution in [2.75, 3.05) is 40.5 Å². The lowest BCUT2D eigenvalue weighted by atomic mass is 9.95. The molecule has 0 bridgehead atoms. The highest BCUT2D eigenvalue weighted by Crippen LogP contribution is 2.33. The Bertz CT molecular complexity index is 197. The summed E-state index contributed by atoms with van der Waals surface area (Å²) >= 11 is 0. The summed E-state index contributed by atoms with van der Waals surface area (Å²) in [5.41, 5.74) is 6.00. The van der Waals surface area contributed by atoms with E-state index in [1.165, 1.54) is 12.8 Å². The molecule has 0 aromatic heterocycles. The molecule has 1 fully saturated rings. The van der Waals surface area contributed by atoms with Crippen LogP contribution in [0.5, 0.6) is 0 Å². The summed E-state index contributed by atoms with van der Waals surface area (Å²) in [4.78, 5) is 2.51. The normalized spacial score (nSPS) is 20.1. The Labute approximate surface area is 99.1 Å². The van der Waals surface area contributed by atoms with Crippen molar-refractivity contribution in [3.05, 3.63) is 0 Å². The van der Waals surface area contributed by atoms with E-state index < -0.39 is 0 Å². The first kappa shape index (κ1) is 13.9. The van der Waals surface area contributed by atoms with Gasteiger partial charge in [0.1, 0.15) is 0 Å². The molecule has 2 N–H and O–H groups in total. The van der Waals surface area contributed by atoms with Crippen LogP contribution in [0.25, 0.3) is 0 Å². The van der Waals surface area contributed by atoms with Crippen LogP contribution in [-0.4, -0.2) is 57.0 Å². The SMILES string of the molecule is COCCN(C1CC1)C(C)(CN)CCOC. The van der Waals surface area contributed by atoms with Crippen molar-refractivity contribution < 1.29 is 9.47 Å². The van der Waals surface area contributed by atoms with Gasteiger partial charge in [0.15, 0.2) is 0 Å². The van der Waals surface area contributed by atoms with E-state index in [1.54, 1.807) is 14.2 Å². The zero-order chi connectivity index (χ0) is 12.0. The Morgan fingerprint density at radius 2 is 1.88 bits per heavy atom. The third kappa shape index (κ3) is 3.70. The molecule has 0 amide bonds. The van der Waals surface area contributed by atoms with E-state index in [9.17, 15) is 0 Å². The minimum Gasteiger partial charge on any atom is -0.385 e. The fraction of sp³-hybridized carbons (Fsp3) is 1.00. The molecule has 0 saturated heterocycles. The quantitative estimate of drug-likeness (QED) is 0.638. The van der Waals surface area contributed by atoms with E-state index in [0.29, 0.717) is 12.6 Å². The first-order valence-electron chi connectivity index (χ1n) is 6.12. The molecule has 16 heavy (non-hydrogen) atoms. The van der Waals surface area contributed by atoms with Crippen molar-refractivity contribution in [3.63, 3.8) is 0 Å². The molecule has 1 atom stereocenters. The van der Waals surface area contributed by atoms with Crippen LogP contribution in [0.2, 0.25) is 0 Å². The Hall–Kier alpha value is -0.160. The molecule has 1 aliphatic carbocycles. The monoisotopic (exact) mass is 230 g/mol. The molecule has 0 aromatic rings. The molecule has 4 heteroatoms. The van der Waals surface area contributed by atoms with Crippen LogP contribution in [0, 0.1) is 0 Å². The molecule has 0 radical (unpaired) electrons. The van der Waals surface area contributed by atoms with Gasteiger partial charge in [-0.05, 0) is 26.2 Å². The van der Waals surface area contributed by atoms with Crippen LogP contribution in [0.15, 0.2) is 0 Å². The van der Waals surface area contributed by atoms with Crippen LogP contribution in [-0.2, 0) is 9.47 Å².